The van der Waals surface area contributed by atoms with Crippen LogP contribution in [0.25, 0.3) is 0 Å². The average molecular weight is 326 g/mol. The molecule has 0 saturated carbocycles. The van der Waals surface area contributed by atoms with Crippen molar-refractivity contribution in [2.45, 2.75) is 18.7 Å². The van der Waals surface area contributed by atoms with Crippen LogP contribution >= 0.6 is 0 Å². The average Bonchev–Trinajstić information content (AvgIpc) is 2.83. The Hall–Kier alpha value is -2.62. The minimum Gasteiger partial charge on any atom is -0.495 e. The Morgan fingerprint density at radius 1 is 1.32 bits per heavy atom. The second kappa shape index (κ2) is 6.02. The molecule has 0 bridgehead atoms. The number of methoxy groups -OCH3 is 1. The predicted molar refractivity (Wildman–Crippen MR) is 77.1 cm³/mol. The smallest absolute Gasteiger partial charge is 0.266 e. The second-order valence-electron chi connectivity index (χ2n) is 4.35. The molecule has 1 aromatic carbocycles. The highest BCUT2D eigenvalue weighted by atomic mass is 32.2. The Morgan fingerprint density at radius 3 is 2.59 bits per heavy atom. The van der Waals surface area contributed by atoms with E-state index in [1.54, 1.807) is 6.92 Å². The Morgan fingerprint density at radius 2 is 2.05 bits per heavy atom. The minimum atomic E-state index is -4.00. The molecule has 0 spiro atoms. The summed E-state index contributed by atoms with van der Waals surface area (Å²) in [6, 6.07) is 4.25. The number of sulfonamides is 1. The van der Waals surface area contributed by atoms with Crippen LogP contribution in [0.3, 0.4) is 0 Å². The van der Waals surface area contributed by atoms with Crippen LogP contribution in [-0.4, -0.2) is 31.7 Å². The van der Waals surface area contributed by atoms with Crippen LogP contribution in [0.4, 0.5) is 11.5 Å². The molecule has 1 amide bonds. The van der Waals surface area contributed by atoms with Gasteiger partial charge in [-0.15, -0.1) is 0 Å². The zero-order valence-corrected chi connectivity index (χ0v) is 12.9. The molecule has 0 saturated heterocycles. The van der Waals surface area contributed by atoms with Crippen molar-refractivity contribution in [2.75, 3.05) is 17.1 Å². The molecule has 0 aliphatic rings. The van der Waals surface area contributed by atoms with Crippen molar-refractivity contribution in [3.05, 3.63) is 23.9 Å². The van der Waals surface area contributed by atoms with E-state index in [0.717, 1.165) is 0 Å². The fourth-order valence-corrected chi connectivity index (χ4v) is 2.92. The van der Waals surface area contributed by atoms with Gasteiger partial charge in [-0.3, -0.25) is 9.52 Å². The Balaban J connectivity index is 2.44. The van der Waals surface area contributed by atoms with E-state index in [1.165, 1.54) is 32.2 Å². The van der Waals surface area contributed by atoms with Crippen molar-refractivity contribution >= 4 is 27.4 Å². The third-order valence-corrected chi connectivity index (χ3v) is 4.02. The lowest BCUT2D eigenvalue weighted by molar-refractivity contribution is -0.114. The van der Waals surface area contributed by atoms with Crippen molar-refractivity contribution in [3.8, 4) is 5.75 Å². The minimum absolute atomic E-state index is 0.0213. The van der Waals surface area contributed by atoms with Gasteiger partial charge >= 0.3 is 0 Å². The van der Waals surface area contributed by atoms with Crippen LogP contribution in [0, 0.1) is 6.92 Å². The number of aryl methyl sites for hydroxylation is 1. The van der Waals surface area contributed by atoms with Gasteiger partial charge in [0.05, 0.1) is 7.11 Å². The molecule has 0 atom stereocenters. The molecule has 2 rings (SSSR count). The molecule has 118 valence electrons. The summed E-state index contributed by atoms with van der Waals surface area (Å²) in [5.41, 5.74) is 0.615. The van der Waals surface area contributed by atoms with E-state index in [4.69, 9.17) is 4.74 Å². The first-order valence-corrected chi connectivity index (χ1v) is 7.59. The molecule has 2 aromatic rings. The lowest BCUT2D eigenvalue weighted by Crippen LogP contribution is -2.16. The third kappa shape index (κ3) is 3.34. The van der Waals surface area contributed by atoms with E-state index in [1.807, 2.05) is 0 Å². The first kappa shape index (κ1) is 15.8. The van der Waals surface area contributed by atoms with E-state index < -0.39 is 10.0 Å². The lowest BCUT2D eigenvalue weighted by atomic mass is 10.3. The summed E-state index contributed by atoms with van der Waals surface area (Å²) in [5.74, 6) is -0.222. The Labute approximate surface area is 126 Å². The number of anilines is 2. The monoisotopic (exact) mass is 326 g/mol. The van der Waals surface area contributed by atoms with Gasteiger partial charge < -0.3 is 10.1 Å². The molecule has 0 unspecified atom stereocenters. The van der Waals surface area contributed by atoms with Gasteiger partial charge in [0.2, 0.25) is 11.7 Å². The summed E-state index contributed by atoms with van der Waals surface area (Å²) >= 11 is 0. The molecule has 1 heterocycles. The van der Waals surface area contributed by atoms with Gasteiger partial charge in [-0.1, -0.05) is 5.16 Å². The number of benzene rings is 1. The summed E-state index contributed by atoms with van der Waals surface area (Å²) in [6.45, 7) is 2.86. The van der Waals surface area contributed by atoms with Crippen LogP contribution in [0.15, 0.2) is 27.7 Å². The number of carbonyl (C=O) groups excluding carboxylic acids is 1. The zero-order valence-electron chi connectivity index (χ0n) is 12.1. The number of carbonyl (C=O) groups is 1. The van der Waals surface area contributed by atoms with Gasteiger partial charge in [0.1, 0.15) is 16.3 Å². The van der Waals surface area contributed by atoms with E-state index in [0.29, 0.717) is 11.4 Å². The molecule has 0 aliphatic heterocycles. The standard InChI is InChI=1S/C12H14N4O5S/c1-7-12(15-21-14-7)16-22(18,19)11-6-9(13-8(2)17)4-5-10(11)20-3/h4-6H,1-3H3,(H,13,17)(H,15,16). The van der Waals surface area contributed by atoms with Crippen molar-refractivity contribution in [1.29, 1.82) is 0 Å². The maximum absolute atomic E-state index is 12.5. The van der Waals surface area contributed by atoms with Crippen molar-refractivity contribution in [1.82, 2.24) is 10.3 Å². The summed E-state index contributed by atoms with van der Waals surface area (Å²) in [4.78, 5) is 10.9. The topological polar surface area (TPSA) is 123 Å². The highest BCUT2D eigenvalue weighted by Gasteiger charge is 2.23. The fourth-order valence-electron chi connectivity index (χ4n) is 1.67. The van der Waals surface area contributed by atoms with E-state index in [2.05, 4.69) is 25.0 Å². The van der Waals surface area contributed by atoms with Crippen LogP contribution in [0.2, 0.25) is 0 Å². The number of ether oxygens (including phenoxy) is 1. The Bertz CT molecular complexity index is 800. The van der Waals surface area contributed by atoms with Gasteiger partial charge in [0, 0.05) is 12.6 Å². The second-order valence-corrected chi connectivity index (χ2v) is 6.00. The number of aromatic nitrogens is 2. The highest BCUT2D eigenvalue weighted by Crippen LogP contribution is 2.28. The molecule has 10 heteroatoms. The quantitative estimate of drug-likeness (QED) is 0.844. The van der Waals surface area contributed by atoms with Crippen molar-refractivity contribution in [3.63, 3.8) is 0 Å². The van der Waals surface area contributed by atoms with E-state index in [-0.39, 0.29) is 22.4 Å². The maximum atomic E-state index is 12.5. The molecule has 9 nitrogen and oxygen atoms in total. The predicted octanol–water partition coefficient (Wildman–Crippen LogP) is 1.15. The van der Waals surface area contributed by atoms with Gasteiger partial charge in [-0.05, 0) is 30.3 Å². The molecule has 22 heavy (non-hydrogen) atoms. The first-order chi connectivity index (χ1) is 10.3. The van der Waals surface area contributed by atoms with Crippen LogP contribution in [-0.2, 0) is 14.8 Å². The van der Waals surface area contributed by atoms with E-state index >= 15 is 0 Å². The normalized spacial score (nSPS) is 11.0. The summed E-state index contributed by atoms with van der Waals surface area (Å²) in [5, 5.41) is 9.46. The zero-order chi connectivity index (χ0) is 16.3. The lowest BCUT2D eigenvalue weighted by Gasteiger charge is -2.12. The molecular weight excluding hydrogens is 312 g/mol. The SMILES string of the molecule is COc1ccc(NC(C)=O)cc1S(=O)(=O)Nc1nonc1C. The largest absolute Gasteiger partial charge is 0.495 e. The number of nitrogens with zero attached hydrogens (tertiary/aromatic N) is 2. The van der Waals surface area contributed by atoms with E-state index in [9.17, 15) is 13.2 Å². The molecule has 0 fully saturated rings. The molecule has 0 aliphatic carbocycles. The maximum Gasteiger partial charge on any atom is 0.266 e. The summed E-state index contributed by atoms with van der Waals surface area (Å²) in [6.07, 6.45) is 0. The van der Waals surface area contributed by atoms with Crippen molar-refractivity contribution in [2.24, 2.45) is 0 Å². The molecule has 0 radical (unpaired) electrons. The van der Waals surface area contributed by atoms with Gasteiger partial charge in [0.25, 0.3) is 10.0 Å². The third-order valence-electron chi connectivity index (χ3n) is 2.66. The number of hydrogen-bond acceptors (Lipinski definition) is 7. The number of rotatable bonds is 5. The summed E-state index contributed by atoms with van der Waals surface area (Å²) < 4.78 is 36.7. The molecular formula is C12H14N4O5S. The van der Waals surface area contributed by atoms with Gasteiger partial charge in [-0.2, -0.15) is 0 Å². The van der Waals surface area contributed by atoms with Crippen LogP contribution < -0.4 is 14.8 Å². The Kier molecular flexibility index (Phi) is 4.31. The first-order valence-electron chi connectivity index (χ1n) is 6.11. The fraction of sp³-hybridized carbons (Fsp3) is 0.250. The van der Waals surface area contributed by atoms with Gasteiger partial charge in [-0.25, -0.2) is 13.0 Å². The molecule has 1 aromatic heterocycles. The molecule has 2 N–H and O–H groups in total. The van der Waals surface area contributed by atoms with Crippen LogP contribution in [0.1, 0.15) is 12.6 Å². The van der Waals surface area contributed by atoms with Gasteiger partial charge in [0.15, 0.2) is 0 Å². The van der Waals surface area contributed by atoms with Crippen molar-refractivity contribution < 1.29 is 22.6 Å². The summed E-state index contributed by atoms with van der Waals surface area (Å²) in [7, 11) is -2.65. The number of hydrogen-bond donors (Lipinski definition) is 2. The highest BCUT2D eigenvalue weighted by molar-refractivity contribution is 7.92. The van der Waals surface area contributed by atoms with Crippen LogP contribution in [0.5, 0.6) is 5.75 Å². The number of nitrogens with one attached hydrogen (secondary N) is 2. The number of amides is 1.